The number of carbonyl (C=O) groups is 1. The number of benzene rings is 2. The largest absolute Gasteiger partial charge is 0.501 e. The minimum absolute atomic E-state index is 0.0670. The second kappa shape index (κ2) is 10.7. The molecule has 3 heterocycles. The Morgan fingerprint density at radius 3 is 2.79 bits per heavy atom. The van der Waals surface area contributed by atoms with E-state index in [1.54, 1.807) is 25.1 Å². The van der Waals surface area contributed by atoms with Crippen LogP contribution in [0.1, 0.15) is 43.9 Å². The number of ether oxygens (including phenoxy) is 3. The number of nitro groups is 1. The molecule has 2 aromatic carbocycles. The highest BCUT2D eigenvalue weighted by atomic mass is 79.9. The molecule has 0 radical (unpaired) electrons. The first-order chi connectivity index (χ1) is 18.7. The molecule has 0 fully saturated rings. The van der Waals surface area contributed by atoms with Crippen molar-refractivity contribution >= 4 is 45.0 Å². The average Bonchev–Trinajstić information content (AvgIpc) is 3.49. The molecule has 39 heavy (non-hydrogen) atoms. The minimum atomic E-state index is -0.848. The zero-order valence-corrected chi connectivity index (χ0v) is 23.2. The normalized spacial score (nSPS) is 16.2. The van der Waals surface area contributed by atoms with Crippen LogP contribution in [0.5, 0.6) is 17.2 Å². The number of hydrogen-bond donors (Lipinski definition) is 1. The molecule has 0 spiro atoms. The molecule has 13 heteroatoms. The van der Waals surface area contributed by atoms with Crippen LogP contribution >= 0.6 is 27.3 Å². The summed E-state index contributed by atoms with van der Waals surface area (Å²) < 4.78 is 18.2. The van der Waals surface area contributed by atoms with Crippen LogP contribution in [-0.2, 0) is 9.53 Å². The molecular weight excluding hydrogens is 594 g/mol. The van der Waals surface area contributed by atoms with Crippen molar-refractivity contribution in [1.82, 2.24) is 4.57 Å². The first-order valence-corrected chi connectivity index (χ1v) is 13.6. The maximum Gasteiger partial charge on any atom is 0.338 e. The molecule has 0 amide bonds. The van der Waals surface area contributed by atoms with E-state index in [-0.39, 0.29) is 28.0 Å². The number of nitrogens with zero attached hydrogens (tertiary/aromatic N) is 3. The van der Waals surface area contributed by atoms with Gasteiger partial charge in [0, 0.05) is 6.07 Å². The third-order valence-electron chi connectivity index (χ3n) is 6.16. The van der Waals surface area contributed by atoms with Gasteiger partial charge in [0.2, 0.25) is 12.5 Å². The van der Waals surface area contributed by atoms with Crippen LogP contribution in [0.15, 0.2) is 55.9 Å². The van der Waals surface area contributed by atoms with E-state index in [0.717, 1.165) is 11.3 Å². The Bertz CT molecular complexity index is 1730. The summed E-state index contributed by atoms with van der Waals surface area (Å²) in [7, 11) is 0. The van der Waals surface area contributed by atoms with E-state index in [1.807, 2.05) is 6.92 Å². The molecule has 3 aromatic rings. The molecule has 0 bridgehead atoms. The van der Waals surface area contributed by atoms with Crippen LogP contribution in [-0.4, -0.2) is 34.0 Å². The molecule has 1 N–H and O–H groups in total. The second-order valence-electron chi connectivity index (χ2n) is 8.65. The van der Waals surface area contributed by atoms with Gasteiger partial charge in [-0.15, -0.1) is 0 Å². The zero-order chi connectivity index (χ0) is 27.8. The summed E-state index contributed by atoms with van der Waals surface area (Å²) in [5.74, 6) is -0.0290. The van der Waals surface area contributed by atoms with Gasteiger partial charge in [0.1, 0.15) is 0 Å². The number of carbonyl (C=O) groups excluding carboxylic acids is 1. The first-order valence-electron chi connectivity index (χ1n) is 12.0. The highest BCUT2D eigenvalue weighted by molar-refractivity contribution is 9.10. The van der Waals surface area contributed by atoms with Crippen molar-refractivity contribution in [1.29, 1.82) is 0 Å². The lowest BCUT2D eigenvalue weighted by Gasteiger charge is -2.25. The Labute approximate surface area is 233 Å². The standard InChI is InChI=1S/C26H22BrN3O8S/c1-3-5-16-21(25(33)36-4-2)22(14-6-7-18-19(11-14)38-12-37-18)29-24(32)20(39-26(29)28-16)10-13-8-15(27)23(31)17(9-13)30(34)35/h6-11,22,31H,3-5,12H2,1-2H3/b20-10-/t22-/m1/s1. The fourth-order valence-corrected chi connectivity index (χ4v) is 5.99. The summed E-state index contributed by atoms with van der Waals surface area (Å²) in [5, 5.41) is 21.4. The van der Waals surface area contributed by atoms with Crippen molar-refractivity contribution in [2.45, 2.75) is 32.7 Å². The van der Waals surface area contributed by atoms with Crippen LogP contribution in [0.4, 0.5) is 5.69 Å². The molecule has 2 aliphatic rings. The van der Waals surface area contributed by atoms with Gasteiger partial charge in [-0.3, -0.25) is 19.5 Å². The lowest BCUT2D eigenvalue weighted by molar-refractivity contribution is -0.386. The van der Waals surface area contributed by atoms with Crippen LogP contribution in [0.3, 0.4) is 0 Å². The zero-order valence-electron chi connectivity index (χ0n) is 20.8. The van der Waals surface area contributed by atoms with Crippen molar-refractivity contribution in [2.24, 2.45) is 4.99 Å². The van der Waals surface area contributed by atoms with Crippen molar-refractivity contribution in [3.05, 3.63) is 87.0 Å². The molecule has 202 valence electrons. The number of rotatable bonds is 7. The van der Waals surface area contributed by atoms with Gasteiger partial charge in [0.05, 0.1) is 37.8 Å². The van der Waals surface area contributed by atoms with E-state index in [0.29, 0.717) is 46.0 Å². The summed E-state index contributed by atoms with van der Waals surface area (Å²) in [4.78, 5) is 42.9. The summed E-state index contributed by atoms with van der Waals surface area (Å²) in [6.45, 7) is 3.88. The number of aromatic hydroxyl groups is 1. The number of halogens is 1. The van der Waals surface area contributed by atoms with E-state index in [4.69, 9.17) is 19.2 Å². The highest BCUT2D eigenvalue weighted by Crippen LogP contribution is 2.39. The summed E-state index contributed by atoms with van der Waals surface area (Å²) in [6, 6.07) is 7.04. The minimum Gasteiger partial charge on any atom is -0.501 e. The van der Waals surface area contributed by atoms with Gasteiger partial charge in [0.15, 0.2) is 16.3 Å². The molecule has 1 atom stereocenters. The van der Waals surface area contributed by atoms with Gasteiger partial charge in [-0.2, -0.15) is 0 Å². The molecule has 0 unspecified atom stereocenters. The van der Waals surface area contributed by atoms with Crippen molar-refractivity contribution in [3.63, 3.8) is 0 Å². The number of phenols is 1. The average molecular weight is 616 g/mol. The highest BCUT2D eigenvalue weighted by Gasteiger charge is 2.35. The van der Waals surface area contributed by atoms with Crippen molar-refractivity contribution in [3.8, 4) is 17.2 Å². The number of aromatic nitrogens is 1. The Balaban J connectivity index is 1.76. The van der Waals surface area contributed by atoms with Gasteiger partial charge in [-0.1, -0.05) is 30.7 Å². The van der Waals surface area contributed by atoms with E-state index in [9.17, 15) is 24.8 Å². The lowest BCUT2D eigenvalue weighted by Crippen LogP contribution is -2.40. The molecule has 1 aromatic heterocycles. The summed E-state index contributed by atoms with van der Waals surface area (Å²) in [6.07, 6.45) is 2.68. The maximum absolute atomic E-state index is 13.9. The second-order valence-corrected chi connectivity index (χ2v) is 10.5. The third kappa shape index (κ3) is 4.83. The molecule has 5 rings (SSSR count). The van der Waals surface area contributed by atoms with Crippen LogP contribution in [0.25, 0.3) is 6.08 Å². The van der Waals surface area contributed by atoms with Crippen LogP contribution in [0.2, 0.25) is 0 Å². The Hall–Kier alpha value is -3.97. The monoisotopic (exact) mass is 615 g/mol. The summed E-state index contributed by atoms with van der Waals surface area (Å²) >= 11 is 4.23. The molecule has 0 aliphatic carbocycles. The number of esters is 1. The SMILES string of the molecule is CCCC1=C(C(=O)OCC)[C@@H](c2ccc3c(c2)OCO3)n2c(s/c(=C\c3cc(Br)c(O)c([N+](=O)[O-])c3)c2=O)=N1. The van der Waals surface area contributed by atoms with Gasteiger partial charge in [-0.25, -0.2) is 9.79 Å². The van der Waals surface area contributed by atoms with Gasteiger partial charge in [-0.05, 0) is 64.7 Å². The Morgan fingerprint density at radius 1 is 1.31 bits per heavy atom. The van der Waals surface area contributed by atoms with Crippen molar-refractivity contribution < 1.29 is 29.0 Å². The Kier molecular flexibility index (Phi) is 7.28. The number of thiazole rings is 1. The molecule has 0 saturated heterocycles. The predicted octanol–water partition coefficient (Wildman–Crippen LogP) is 3.68. The molecule has 0 saturated carbocycles. The van der Waals surface area contributed by atoms with Gasteiger partial charge >= 0.3 is 11.7 Å². The fraction of sp³-hybridized carbons (Fsp3) is 0.269. The van der Waals surface area contributed by atoms with E-state index < -0.39 is 33.9 Å². The summed E-state index contributed by atoms with van der Waals surface area (Å²) in [5.41, 5.74) is 0.784. The lowest BCUT2D eigenvalue weighted by atomic mass is 9.94. The number of hydrogen-bond acceptors (Lipinski definition) is 10. The van der Waals surface area contributed by atoms with Crippen molar-refractivity contribution in [2.75, 3.05) is 13.4 Å². The number of nitro benzene ring substituents is 1. The van der Waals surface area contributed by atoms with Crippen LogP contribution < -0.4 is 24.4 Å². The fourth-order valence-electron chi connectivity index (χ4n) is 4.50. The topological polar surface area (TPSA) is 142 Å². The third-order valence-corrected chi connectivity index (χ3v) is 7.75. The van der Waals surface area contributed by atoms with E-state index >= 15 is 0 Å². The van der Waals surface area contributed by atoms with E-state index in [1.165, 1.54) is 22.8 Å². The number of fused-ring (bicyclic) bond motifs is 2. The molecule has 11 nitrogen and oxygen atoms in total. The van der Waals surface area contributed by atoms with Gasteiger partial charge < -0.3 is 19.3 Å². The Morgan fingerprint density at radius 2 is 2.08 bits per heavy atom. The molecular formula is C26H22BrN3O8S. The predicted molar refractivity (Wildman–Crippen MR) is 145 cm³/mol. The molecule has 2 aliphatic heterocycles. The quantitative estimate of drug-likeness (QED) is 0.241. The van der Waals surface area contributed by atoms with Gasteiger partial charge in [0.25, 0.3) is 5.56 Å². The number of allylic oxidation sites excluding steroid dienone is 1. The maximum atomic E-state index is 13.9. The smallest absolute Gasteiger partial charge is 0.338 e. The first kappa shape index (κ1) is 26.6. The number of phenolic OH excluding ortho intramolecular Hbond substituents is 1. The van der Waals surface area contributed by atoms with E-state index in [2.05, 4.69) is 15.9 Å². The van der Waals surface area contributed by atoms with Crippen LogP contribution in [0, 0.1) is 10.1 Å².